The van der Waals surface area contributed by atoms with Gasteiger partial charge < -0.3 is 10.3 Å². The lowest BCUT2D eigenvalue weighted by Crippen LogP contribution is -2.06. The molecule has 3 aromatic rings. The molecule has 0 saturated carbocycles. The van der Waals surface area contributed by atoms with Crippen LogP contribution >= 0.6 is 38.5 Å². The summed E-state index contributed by atoms with van der Waals surface area (Å²) < 4.78 is 4.01. The van der Waals surface area contributed by atoms with Crippen molar-refractivity contribution in [3.05, 3.63) is 43.5 Å². The van der Waals surface area contributed by atoms with Crippen molar-refractivity contribution in [2.45, 2.75) is 20.4 Å². The Balaban J connectivity index is 2.09. The van der Waals surface area contributed by atoms with E-state index in [9.17, 15) is 0 Å². The van der Waals surface area contributed by atoms with Gasteiger partial charge in [0.05, 0.1) is 17.6 Å². The molecule has 3 rings (SSSR count). The summed E-state index contributed by atoms with van der Waals surface area (Å²) in [6.45, 7) is 4.83. The lowest BCUT2D eigenvalue weighted by molar-refractivity contribution is 0.787. The number of rotatable bonds is 2. The van der Waals surface area contributed by atoms with Gasteiger partial charge >= 0.3 is 0 Å². The first-order chi connectivity index (χ1) is 9.97. The molecule has 3 aromatic heterocycles. The zero-order valence-corrected chi connectivity index (χ0v) is 15.3. The molecule has 2 N–H and O–H groups in total. The molecule has 0 aliphatic carbocycles. The van der Waals surface area contributed by atoms with Crippen LogP contribution in [0.25, 0.3) is 11.0 Å². The molecule has 7 heteroatoms. The smallest absolute Gasteiger partial charge is 0.223 e. The topological polar surface area (TPSA) is 69.6 Å². The van der Waals surface area contributed by atoms with Crippen LogP contribution in [-0.2, 0) is 6.54 Å². The fourth-order valence-electron chi connectivity index (χ4n) is 2.24. The summed E-state index contributed by atoms with van der Waals surface area (Å²) in [6, 6.07) is 1.98. The maximum Gasteiger partial charge on any atom is 0.223 e. The lowest BCUT2D eigenvalue weighted by Gasteiger charge is -2.10. The van der Waals surface area contributed by atoms with E-state index in [1.807, 2.05) is 23.0 Å². The van der Waals surface area contributed by atoms with E-state index in [0.29, 0.717) is 11.1 Å². The quantitative estimate of drug-likeness (QED) is 0.472. The van der Waals surface area contributed by atoms with Crippen molar-refractivity contribution >= 4 is 55.5 Å². The van der Waals surface area contributed by atoms with E-state index in [1.54, 1.807) is 0 Å². The number of pyridine rings is 1. The number of fused-ring (bicyclic) bond motifs is 1. The average molecular weight is 458 g/mol. The van der Waals surface area contributed by atoms with Crippen LogP contribution in [0, 0.1) is 17.4 Å². The predicted molar refractivity (Wildman–Crippen MR) is 95.2 cm³/mol. The van der Waals surface area contributed by atoms with Gasteiger partial charge in [0.2, 0.25) is 5.95 Å². The first kappa shape index (κ1) is 14.7. The third kappa shape index (κ3) is 2.64. The van der Waals surface area contributed by atoms with Crippen molar-refractivity contribution in [2.24, 2.45) is 0 Å². The van der Waals surface area contributed by atoms with Crippen LogP contribution in [-0.4, -0.2) is 19.5 Å². The first-order valence-corrected chi connectivity index (χ1v) is 8.23. The minimum absolute atomic E-state index is 0.262. The highest BCUT2D eigenvalue weighted by atomic mass is 127. The molecule has 21 heavy (non-hydrogen) atoms. The SMILES string of the molecule is Cc1cnc(Cn2ccc3c(Br)nc(N)nc32)c(C)c1I. The molecule has 0 unspecified atom stereocenters. The minimum atomic E-state index is 0.262. The molecular weight excluding hydrogens is 445 g/mol. The summed E-state index contributed by atoms with van der Waals surface area (Å²) in [7, 11) is 0. The number of halogens is 2. The van der Waals surface area contributed by atoms with Crippen LogP contribution in [0.5, 0.6) is 0 Å². The fourth-order valence-corrected chi connectivity index (χ4v) is 3.18. The Morgan fingerprint density at radius 3 is 2.86 bits per heavy atom. The molecule has 0 aliphatic heterocycles. The van der Waals surface area contributed by atoms with Crippen LogP contribution in [0.3, 0.4) is 0 Å². The third-order valence-electron chi connectivity index (χ3n) is 3.43. The van der Waals surface area contributed by atoms with E-state index >= 15 is 0 Å². The van der Waals surface area contributed by atoms with Gasteiger partial charge in [-0.25, -0.2) is 4.98 Å². The number of nitrogens with zero attached hydrogens (tertiary/aromatic N) is 4. The number of nitrogens with two attached hydrogens (primary N) is 1. The van der Waals surface area contributed by atoms with E-state index in [1.165, 1.54) is 14.7 Å². The van der Waals surface area contributed by atoms with Crippen LogP contribution in [0.1, 0.15) is 16.8 Å². The fraction of sp³-hybridized carbons (Fsp3) is 0.214. The van der Waals surface area contributed by atoms with E-state index in [0.717, 1.165) is 16.7 Å². The second-order valence-corrected chi connectivity index (χ2v) is 6.71. The summed E-state index contributed by atoms with van der Waals surface area (Å²) in [5, 5.41) is 0.948. The molecule has 0 amide bonds. The van der Waals surface area contributed by atoms with Crippen LogP contribution in [0.15, 0.2) is 23.1 Å². The zero-order valence-electron chi connectivity index (χ0n) is 11.6. The minimum Gasteiger partial charge on any atom is -0.368 e. The normalized spacial score (nSPS) is 11.2. The highest BCUT2D eigenvalue weighted by molar-refractivity contribution is 14.1. The monoisotopic (exact) mass is 457 g/mol. The van der Waals surface area contributed by atoms with E-state index in [-0.39, 0.29) is 5.95 Å². The van der Waals surface area contributed by atoms with Crippen molar-refractivity contribution in [1.82, 2.24) is 19.5 Å². The van der Waals surface area contributed by atoms with Crippen molar-refractivity contribution in [3.8, 4) is 0 Å². The van der Waals surface area contributed by atoms with Gasteiger partial charge in [0.15, 0.2) is 0 Å². The maximum absolute atomic E-state index is 5.74. The maximum atomic E-state index is 5.74. The third-order valence-corrected chi connectivity index (χ3v) is 5.70. The largest absolute Gasteiger partial charge is 0.368 e. The van der Waals surface area contributed by atoms with Gasteiger partial charge in [-0.15, -0.1) is 0 Å². The summed E-state index contributed by atoms with van der Waals surface area (Å²) >= 11 is 5.78. The molecule has 0 aliphatic rings. The summed E-state index contributed by atoms with van der Waals surface area (Å²) in [5.41, 5.74) is 9.99. The number of hydrogen-bond donors (Lipinski definition) is 1. The molecule has 3 heterocycles. The Morgan fingerprint density at radius 1 is 1.33 bits per heavy atom. The molecule has 108 valence electrons. The summed E-state index contributed by atoms with van der Waals surface area (Å²) in [5.74, 6) is 0.262. The van der Waals surface area contributed by atoms with Crippen molar-refractivity contribution in [1.29, 1.82) is 0 Å². The Labute approximate surface area is 144 Å². The zero-order chi connectivity index (χ0) is 15.1. The molecule has 0 spiro atoms. The van der Waals surface area contributed by atoms with Gasteiger partial charge in [-0.3, -0.25) is 4.98 Å². The number of aromatic nitrogens is 4. The van der Waals surface area contributed by atoms with Crippen LogP contribution < -0.4 is 5.73 Å². The summed E-state index contributed by atoms with van der Waals surface area (Å²) in [6.07, 6.45) is 3.90. The number of hydrogen-bond acceptors (Lipinski definition) is 4. The van der Waals surface area contributed by atoms with Gasteiger partial charge in [0.25, 0.3) is 0 Å². The lowest BCUT2D eigenvalue weighted by atomic mass is 10.1. The highest BCUT2D eigenvalue weighted by Crippen LogP contribution is 2.24. The van der Waals surface area contributed by atoms with Crippen LogP contribution in [0.4, 0.5) is 5.95 Å². The second kappa shape index (κ2) is 5.53. The first-order valence-electron chi connectivity index (χ1n) is 6.36. The van der Waals surface area contributed by atoms with Crippen LogP contribution in [0.2, 0.25) is 0 Å². The number of anilines is 1. The molecule has 5 nitrogen and oxygen atoms in total. The molecule has 0 aromatic carbocycles. The summed E-state index contributed by atoms with van der Waals surface area (Å²) in [4.78, 5) is 13.0. The Bertz CT molecular complexity index is 843. The van der Waals surface area contributed by atoms with Gasteiger partial charge in [-0.1, -0.05) is 0 Å². The number of nitrogen functional groups attached to an aromatic ring is 1. The molecule has 0 atom stereocenters. The second-order valence-electron chi connectivity index (χ2n) is 4.88. The molecule has 0 bridgehead atoms. The van der Waals surface area contributed by atoms with Gasteiger partial charge in [0, 0.05) is 16.0 Å². The van der Waals surface area contributed by atoms with Gasteiger partial charge in [-0.2, -0.15) is 4.98 Å². The Hall–Kier alpha value is -1.22. The van der Waals surface area contributed by atoms with Crippen molar-refractivity contribution < 1.29 is 0 Å². The standard InChI is InChI=1S/C14H13BrIN5/c1-7-5-18-10(8(2)11(7)16)6-21-4-3-9-12(15)19-14(17)20-13(9)21/h3-5H,6H2,1-2H3,(H2,17,19,20). The van der Waals surface area contributed by atoms with Crippen molar-refractivity contribution in [2.75, 3.05) is 5.73 Å². The average Bonchev–Trinajstić information content (AvgIpc) is 2.83. The highest BCUT2D eigenvalue weighted by Gasteiger charge is 2.12. The van der Waals surface area contributed by atoms with E-state index in [2.05, 4.69) is 67.3 Å². The molecule has 0 radical (unpaired) electrons. The Morgan fingerprint density at radius 2 is 2.10 bits per heavy atom. The molecule has 0 saturated heterocycles. The molecule has 0 fully saturated rings. The Kier molecular flexibility index (Phi) is 3.87. The van der Waals surface area contributed by atoms with E-state index < -0.39 is 0 Å². The van der Waals surface area contributed by atoms with Gasteiger partial charge in [0.1, 0.15) is 10.3 Å². The number of aryl methyl sites for hydroxylation is 1. The van der Waals surface area contributed by atoms with Crippen molar-refractivity contribution in [3.63, 3.8) is 0 Å². The van der Waals surface area contributed by atoms with E-state index in [4.69, 9.17) is 5.73 Å². The van der Waals surface area contributed by atoms with Gasteiger partial charge in [-0.05, 0) is 69.6 Å². The molecular formula is C14H13BrIN5. The predicted octanol–water partition coefficient (Wildman–Crippen LogP) is 3.44.